The van der Waals surface area contributed by atoms with Crippen LogP contribution in [0.15, 0.2) is 34.9 Å². The molecule has 1 saturated heterocycles. The molecule has 4 rings (SSSR count). The number of nitrogens with two attached hydrogens (primary N) is 1. The molecule has 2 N–H and O–H groups in total. The topological polar surface area (TPSA) is 55.3 Å². The summed E-state index contributed by atoms with van der Waals surface area (Å²) in [6.07, 6.45) is 5.55. The zero-order chi connectivity index (χ0) is 15.8. The fraction of sp³-hybridized carbons (Fsp3) is 0.500. The van der Waals surface area contributed by atoms with Gasteiger partial charge in [0, 0.05) is 29.7 Å². The molecule has 7 heteroatoms. The number of likely N-dealkylation sites (tertiary alicyclic amines) is 1. The lowest BCUT2D eigenvalue weighted by Gasteiger charge is -2.29. The molecular formula is C18H24Cl3N3O. The van der Waals surface area contributed by atoms with Crippen LogP contribution in [0.4, 0.5) is 0 Å². The molecule has 0 bridgehead atoms. The Morgan fingerprint density at radius 2 is 2.08 bits per heavy atom. The van der Waals surface area contributed by atoms with Gasteiger partial charge in [-0.15, -0.1) is 24.8 Å². The number of halogens is 3. The number of nitrogens with zero attached hydrogens (tertiary/aromatic N) is 2. The van der Waals surface area contributed by atoms with Crippen LogP contribution in [0.3, 0.4) is 0 Å². The van der Waals surface area contributed by atoms with E-state index >= 15 is 0 Å². The molecule has 2 aliphatic rings. The van der Waals surface area contributed by atoms with Gasteiger partial charge in [0.05, 0.1) is 12.7 Å². The van der Waals surface area contributed by atoms with E-state index in [2.05, 4.69) is 9.88 Å². The fourth-order valence-electron chi connectivity index (χ4n) is 4.09. The summed E-state index contributed by atoms with van der Waals surface area (Å²) in [6.45, 7) is 2.95. The van der Waals surface area contributed by atoms with Gasteiger partial charge in [-0.3, -0.25) is 4.90 Å². The van der Waals surface area contributed by atoms with E-state index in [0.29, 0.717) is 17.0 Å². The molecule has 3 unspecified atom stereocenters. The van der Waals surface area contributed by atoms with Crippen molar-refractivity contribution in [2.24, 2.45) is 17.6 Å². The summed E-state index contributed by atoms with van der Waals surface area (Å²) in [6, 6.07) is 8.03. The molecule has 1 aliphatic carbocycles. The van der Waals surface area contributed by atoms with Crippen LogP contribution >= 0.6 is 36.4 Å². The summed E-state index contributed by atoms with van der Waals surface area (Å²) in [7, 11) is 0. The standard InChI is InChI=1S/C18H22ClN3O.2ClH/c19-14-5-1-3-12(7-14)17-8-21-18(23-17)11-22-9-13-4-2-6-16(20)15(13)10-22;;/h1,3,5,7-8,13,15-16H,2,4,6,9-11,20H2;2*1H. The average molecular weight is 405 g/mol. The molecule has 1 aromatic heterocycles. The Balaban J connectivity index is 0.00000113. The second-order valence-corrected chi connectivity index (χ2v) is 7.28. The molecule has 1 saturated carbocycles. The molecular weight excluding hydrogens is 381 g/mol. The molecule has 2 heterocycles. The first kappa shape index (κ1) is 20.5. The Morgan fingerprint density at radius 3 is 2.84 bits per heavy atom. The Hall–Kier alpha value is -0.780. The maximum Gasteiger partial charge on any atom is 0.209 e. The van der Waals surface area contributed by atoms with Crippen molar-refractivity contribution in [1.29, 1.82) is 0 Å². The highest BCUT2D eigenvalue weighted by atomic mass is 35.5. The normalized spacial score (nSPS) is 25.8. The third-order valence-corrected chi connectivity index (χ3v) is 5.49. The Labute approximate surface area is 165 Å². The summed E-state index contributed by atoms with van der Waals surface area (Å²) in [5, 5.41) is 0.707. The summed E-state index contributed by atoms with van der Waals surface area (Å²) < 4.78 is 5.92. The van der Waals surface area contributed by atoms with Crippen LogP contribution < -0.4 is 5.73 Å². The monoisotopic (exact) mass is 403 g/mol. The van der Waals surface area contributed by atoms with Gasteiger partial charge in [0.1, 0.15) is 0 Å². The van der Waals surface area contributed by atoms with E-state index in [-0.39, 0.29) is 24.8 Å². The number of rotatable bonds is 3. The van der Waals surface area contributed by atoms with Crippen LogP contribution in [0.1, 0.15) is 25.2 Å². The lowest BCUT2D eigenvalue weighted by molar-refractivity contribution is 0.258. The van der Waals surface area contributed by atoms with Gasteiger partial charge in [0.2, 0.25) is 5.89 Å². The molecule has 2 fully saturated rings. The first-order chi connectivity index (χ1) is 11.2. The van der Waals surface area contributed by atoms with Crippen LogP contribution in [-0.2, 0) is 6.54 Å². The van der Waals surface area contributed by atoms with Gasteiger partial charge in [-0.2, -0.15) is 0 Å². The zero-order valence-electron chi connectivity index (χ0n) is 13.9. The van der Waals surface area contributed by atoms with Crippen molar-refractivity contribution >= 4 is 36.4 Å². The number of benzene rings is 1. The van der Waals surface area contributed by atoms with Crippen LogP contribution in [0.25, 0.3) is 11.3 Å². The molecule has 0 radical (unpaired) electrons. The molecule has 4 nitrogen and oxygen atoms in total. The zero-order valence-corrected chi connectivity index (χ0v) is 16.3. The van der Waals surface area contributed by atoms with E-state index in [0.717, 1.165) is 42.8 Å². The van der Waals surface area contributed by atoms with Crippen molar-refractivity contribution in [3.05, 3.63) is 41.4 Å². The van der Waals surface area contributed by atoms with E-state index in [1.807, 2.05) is 24.3 Å². The minimum Gasteiger partial charge on any atom is -0.439 e. The van der Waals surface area contributed by atoms with Crippen molar-refractivity contribution in [1.82, 2.24) is 9.88 Å². The van der Waals surface area contributed by atoms with E-state index < -0.39 is 0 Å². The second kappa shape index (κ2) is 8.74. The van der Waals surface area contributed by atoms with Crippen LogP contribution in [0.2, 0.25) is 5.02 Å². The van der Waals surface area contributed by atoms with Crippen molar-refractivity contribution < 1.29 is 4.42 Å². The Bertz CT molecular complexity index is 694. The molecule has 0 amide bonds. The minimum absolute atomic E-state index is 0. The van der Waals surface area contributed by atoms with Crippen molar-refractivity contribution in [2.75, 3.05) is 13.1 Å². The molecule has 1 aromatic carbocycles. The van der Waals surface area contributed by atoms with Crippen molar-refractivity contribution in [3.63, 3.8) is 0 Å². The van der Waals surface area contributed by atoms with E-state index in [9.17, 15) is 0 Å². The summed E-state index contributed by atoms with van der Waals surface area (Å²) in [5.74, 6) is 2.94. The van der Waals surface area contributed by atoms with Gasteiger partial charge in [-0.25, -0.2) is 4.98 Å². The minimum atomic E-state index is 0. The van der Waals surface area contributed by atoms with Crippen LogP contribution in [-0.4, -0.2) is 29.0 Å². The first-order valence-electron chi connectivity index (χ1n) is 8.37. The Morgan fingerprint density at radius 1 is 1.24 bits per heavy atom. The molecule has 25 heavy (non-hydrogen) atoms. The smallest absolute Gasteiger partial charge is 0.209 e. The first-order valence-corrected chi connectivity index (χ1v) is 8.75. The predicted molar refractivity (Wildman–Crippen MR) is 106 cm³/mol. The van der Waals surface area contributed by atoms with Gasteiger partial charge in [-0.05, 0) is 36.8 Å². The summed E-state index contributed by atoms with van der Waals surface area (Å²) in [5.41, 5.74) is 7.26. The predicted octanol–water partition coefficient (Wildman–Crippen LogP) is 4.40. The second-order valence-electron chi connectivity index (χ2n) is 6.84. The molecule has 0 spiro atoms. The highest BCUT2D eigenvalue weighted by Crippen LogP contribution is 2.36. The lowest BCUT2D eigenvalue weighted by atomic mass is 9.78. The van der Waals surface area contributed by atoms with Gasteiger partial charge >= 0.3 is 0 Å². The number of fused-ring (bicyclic) bond motifs is 1. The van der Waals surface area contributed by atoms with Gasteiger partial charge < -0.3 is 10.2 Å². The third kappa shape index (κ3) is 4.50. The van der Waals surface area contributed by atoms with Crippen LogP contribution in [0, 0.1) is 11.8 Å². The van der Waals surface area contributed by atoms with Crippen LogP contribution in [0.5, 0.6) is 0 Å². The molecule has 138 valence electrons. The van der Waals surface area contributed by atoms with Crippen molar-refractivity contribution in [2.45, 2.75) is 31.8 Å². The fourth-order valence-corrected chi connectivity index (χ4v) is 4.28. The largest absolute Gasteiger partial charge is 0.439 e. The van der Waals surface area contributed by atoms with Gasteiger partial charge in [0.15, 0.2) is 5.76 Å². The van der Waals surface area contributed by atoms with E-state index in [1.165, 1.54) is 19.3 Å². The number of oxazole rings is 1. The third-order valence-electron chi connectivity index (χ3n) is 5.25. The van der Waals surface area contributed by atoms with Gasteiger partial charge in [0.25, 0.3) is 0 Å². The molecule has 3 atom stereocenters. The summed E-state index contributed by atoms with van der Waals surface area (Å²) in [4.78, 5) is 6.88. The van der Waals surface area contributed by atoms with E-state index in [1.54, 1.807) is 6.20 Å². The highest BCUT2D eigenvalue weighted by Gasteiger charge is 2.38. The highest BCUT2D eigenvalue weighted by molar-refractivity contribution is 6.30. The Kier molecular flexibility index (Phi) is 7.18. The van der Waals surface area contributed by atoms with Gasteiger partial charge in [-0.1, -0.05) is 30.2 Å². The molecule has 1 aliphatic heterocycles. The van der Waals surface area contributed by atoms with E-state index in [4.69, 9.17) is 21.8 Å². The number of aromatic nitrogens is 1. The molecule has 2 aromatic rings. The SMILES string of the molecule is Cl.Cl.NC1CCCC2CN(Cc3ncc(-c4cccc(Cl)c4)o3)CC12. The number of hydrogen-bond donors (Lipinski definition) is 1. The average Bonchev–Trinajstić information content (AvgIpc) is 3.15. The lowest BCUT2D eigenvalue weighted by Crippen LogP contribution is -2.38. The summed E-state index contributed by atoms with van der Waals surface area (Å²) >= 11 is 6.04. The van der Waals surface area contributed by atoms with Crippen molar-refractivity contribution in [3.8, 4) is 11.3 Å². The maximum absolute atomic E-state index is 6.29. The quantitative estimate of drug-likeness (QED) is 0.824. The number of hydrogen-bond acceptors (Lipinski definition) is 4. The maximum atomic E-state index is 6.29.